The maximum absolute atomic E-state index is 12.4. The molecule has 1 unspecified atom stereocenters. The maximum atomic E-state index is 12.4. The van der Waals surface area contributed by atoms with E-state index in [1.807, 2.05) is 0 Å². The van der Waals surface area contributed by atoms with Gasteiger partial charge in [0, 0.05) is 51.2 Å². The van der Waals surface area contributed by atoms with E-state index in [4.69, 9.17) is 0 Å². The summed E-state index contributed by atoms with van der Waals surface area (Å²) >= 11 is 0. The predicted molar refractivity (Wildman–Crippen MR) is 78.6 cm³/mol. The van der Waals surface area contributed by atoms with Gasteiger partial charge in [-0.2, -0.15) is 0 Å². The molecule has 4 nitrogen and oxygen atoms in total. The molecule has 0 aromatic rings. The van der Waals surface area contributed by atoms with Crippen molar-refractivity contribution in [1.82, 2.24) is 15.1 Å². The summed E-state index contributed by atoms with van der Waals surface area (Å²) in [4.78, 5) is 17.1. The summed E-state index contributed by atoms with van der Waals surface area (Å²) in [6.45, 7) is 6.48. The molecule has 0 spiro atoms. The average molecular weight is 288 g/mol. The fourth-order valence-corrected chi connectivity index (χ4v) is 3.72. The van der Waals surface area contributed by atoms with Crippen LogP contribution < -0.4 is 5.32 Å². The Labute approximate surface area is 122 Å². The van der Waals surface area contributed by atoms with E-state index in [1.54, 1.807) is 0 Å². The second-order valence-electron chi connectivity index (χ2n) is 5.99. The molecule has 0 aromatic heterocycles. The van der Waals surface area contributed by atoms with Gasteiger partial charge in [0.25, 0.3) is 0 Å². The number of carbonyl (C=O) groups is 1. The van der Waals surface area contributed by atoms with Gasteiger partial charge >= 0.3 is 0 Å². The van der Waals surface area contributed by atoms with E-state index in [0.717, 1.165) is 52.1 Å². The van der Waals surface area contributed by atoms with Crippen molar-refractivity contribution < 1.29 is 4.79 Å². The molecule has 1 aliphatic carbocycles. The first-order valence-corrected chi connectivity index (χ1v) is 7.58. The minimum absolute atomic E-state index is 0. The lowest BCUT2D eigenvalue weighted by atomic mass is 10.1. The van der Waals surface area contributed by atoms with Crippen molar-refractivity contribution in [1.29, 1.82) is 0 Å². The van der Waals surface area contributed by atoms with E-state index in [1.165, 1.54) is 19.3 Å². The van der Waals surface area contributed by atoms with Gasteiger partial charge in [0.15, 0.2) is 0 Å². The molecule has 5 heteroatoms. The molecule has 0 bridgehead atoms. The van der Waals surface area contributed by atoms with Crippen LogP contribution in [0.25, 0.3) is 0 Å². The van der Waals surface area contributed by atoms with Crippen molar-refractivity contribution in [2.24, 2.45) is 5.92 Å². The lowest BCUT2D eigenvalue weighted by molar-refractivity contribution is -0.134. The molecular weight excluding hydrogens is 262 g/mol. The summed E-state index contributed by atoms with van der Waals surface area (Å²) in [6.07, 6.45) is 5.96. The number of piperazine rings is 1. The van der Waals surface area contributed by atoms with E-state index in [2.05, 4.69) is 15.1 Å². The molecule has 2 aliphatic heterocycles. The Bertz CT molecular complexity index is 301. The summed E-state index contributed by atoms with van der Waals surface area (Å²) in [5.41, 5.74) is 0. The number of amides is 1. The number of nitrogens with zero attached hydrogens (tertiary/aromatic N) is 2. The Morgan fingerprint density at radius 3 is 2.37 bits per heavy atom. The minimum Gasteiger partial charge on any atom is -0.341 e. The molecule has 0 aromatic carbocycles. The molecule has 1 atom stereocenters. The average Bonchev–Trinajstić information content (AvgIpc) is 3.10. The monoisotopic (exact) mass is 287 g/mol. The first kappa shape index (κ1) is 15.1. The first-order chi connectivity index (χ1) is 8.84. The van der Waals surface area contributed by atoms with Gasteiger partial charge in [-0.1, -0.05) is 12.8 Å². The number of carbonyl (C=O) groups excluding carboxylic acids is 1. The number of hydrogen-bond acceptors (Lipinski definition) is 3. The zero-order valence-electron chi connectivity index (χ0n) is 11.6. The van der Waals surface area contributed by atoms with Gasteiger partial charge in [0.05, 0.1) is 0 Å². The van der Waals surface area contributed by atoms with Crippen molar-refractivity contribution in [2.45, 2.75) is 38.1 Å². The Kier molecular flexibility index (Phi) is 5.48. The largest absolute Gasteiger partial charge is 0.341 e. The lowest BCUT2D eigenvalue weighted by Gasteiger charge is -2.32. The van der Waals surface area contributed by atoms with Gasteiger partial charge in [-0.05, 0) is 19.3 Å². The highest BCUT2D eigenvalue weighted by atomic mass is 35.5. The molecule has 19 heavy (non-hydrogen) atoms. The Morgan fingerprint density at radius 1 is 1.00 bits per heavy atom. The van der Waals surface area contributed by atoms with Crippen LogP contribution in [0.4, 0.5) is 0 Å². The highest BCUT2D eigenvalue weighted by molar-refractivity contribution is 5.85. The number of nitrogens with one attached hydrogen (secondary N) is 1. The van der Waals surface area contributed by atoms with Crippen LogP contribution in [0.1, 0.15) is 32.1 Å². The molecule has 2 heterocycles. The van der Waals surface area contributed by atoms with Gasteiger partial charge in [-0.25, -0.2) is 0 Å². The zero-order valence-corrected chi connectivity index (χ0v) is 12.5. The molecule has 110 valence electrons. The van der Waals surface area contributed by atoms with Crippen molar-refractivity contribution in [2.75, 3.05) is 39.3 Å². The molecule has 1 amide bonds. The molecule has 1 saturated carbocycles. The van der Waals surface area contributed by atoms with E-state index in [9.17, 15) is 4.79 Å². The summed E-state index contributed by atoms with van der Waals surface area (Å²) < 4.78 is 0. The normalized spacial score (nSPS) is 29.5. The molecule has 3 rings (SSSR count). The summed E-state index contributed by atoms with van der Waals surface area (Å²) in [5, 5.41) is 3.39. The molecule has 0 radical (unpaired) electrons. The Balaban J connectivity index is 0.00000133. The van der Waals surface area contributed by atoms with Gasteiger partial charge in [-0.3, -0.25) is 9.69 Å². The van der Waals surface area contributed by atoms with Crippen molar-refractivity contribution in [3.8, 4) is 0 Å². The van der Waals surface area contributed by atoms with Crippen LogP contribution in [0, 0.1) is 5.92 Å². The second-order valence-corrected chi connectivity index (χ2v) is 5.99. The third-order valence-corrected chi connectivity index (χ3v) is 4.85. The summed E-state index contributed by atoms with van der Waals surface area (Å²) in [6, 6.07) is 0.623. The fraction of sp³-hybridized carbons (Fsp3) is 0.929. The van der Waals surface area contributed by atoms with Crippen LogP contribution in [0.5, 0.6) is 0 Å². The highest BCUT2D eigenvalue weighted by Gasteiger charge is 2.34. The Morgan fingerprint density at radius 2 is 1.68 bits per heavy atom. The third-order valence-electron chi connectivity index (χ3n) is 4.85. The third kappa shape index (κ3) is 3.41. The summed E-state index contributed by atoms with van der Waals surface area (Å²) in [5.74, 6) is 0.803. The molecule has 3 aliphatic rings. The quantitative estimate of drug-likeness (QED) is 0.826. The number of halogens is 1. The topological polar surface area (TPSA) is 35.6 Å². The molecular formula is C14H26ClN3O. The van der Waals surface area contributed by atoms with Crippen LogP contribution in [-0.2, 0) is 4.79 Å². The van der Waals surface area contributed by atoms with Crippen LogP contribution >= 0.6 is 12.4 Å². The molecule has 1 N–H and O–H groups in total. The van der Waals surface area contributed by atoms with Crippen LogP contribution in [-0.4, -0.2) is 61.0 Å². The molecule has 2 saturated heterocycles. The predicted octanol–water partition coefficient (Wildman–Crippen LogP) is 1.10. The van der Waals surface area contributed by atoms with E-state index >= 15 is 0 Å². The summed E-state index contributed by atoms with van der Waals surface area (Å²) in [7, 11) is 0. The SMILES string of the molecule is Cl.O=C(C1CCCC1)N1CCC(N2CCNCC2)C1. The zero-order chi connectivity index (χ0) is 12.4. The van der Waals surface area contributed by atoms with Gasteiger partial charge in [-0.15, -0.1) is 12.4 Å². The van der Waals surface area contributed by atoms with E-state index in [0.29, 0.717) is 17.9 Å². The van der Waals surface area contributed by atoms with E-state index < -0.39 is 0 Å². The van der Waals surface area contributed by atoms with Gasteiger partial charge in [0.2, 0.25) is 5.91 Å². The Hall–Kier alpha value is -0.320. The van der Waals surface area contributed by atoms with Gasteiger partial charge < -0.3 is 10.2 Å². The van der Waals surface area contributed by atoms with E-state index in [-0.39, 0.29) is 12.4 Å². The van der Waals surface area contributed by atoms with Crippen molar-refractivity contribution in [3.63, 3.8) is 0 Å². The fourth-order valence-electron chi connectivity index (χ4n) is 3.72. The minimum atomic E-state index is 0. The second kappa shape index (κ2) is 6.91. The van der Waals surface area contributed by atoms with Gasteiger partial charge in [0.1, 0.15) is 0 Å². The number of hydrogen-bond donors (Lipinski definition) is 1. The maximum Gasteiger partial charge on any atom is 0.225 e. The standard InChI is InChI=1S/C14H25N3O.ClH/c18-14(12-3-1-2-4-12)17-8-5-13(11-17)16-9-6-15-7-10-16;/h12-13,15H,1-11H2;1H. The highest BCUT2D eigenvalue weighted by Crippen LogP contribution is 2.28. The van der Waals surface area contributed by atoms with Crippen molar-refractivity contribution in [3.05, 3.63) is 0 Å². The van der Waals surface area contributed by atoms with Crippen LogP contribution in [0.3, 0.4) is 0 Å². The van der Waals surface area contributed by atoms with Crippen molar-refractivity contribution >= 4 is 18.3 Å². The first-order valence-electron chi connectivity index (χ1n) is 7.58. The lowest BCUT2D eigenvalue weighted by Crippen LogP contribution is -2.49. The smallest absolute Gasteiger partial charge is 0.225 e. The van der Waals surface area contributed by atoms with Crippen LogP contribution in [0.2, 0.25) is 0 Å². The van der Waals surface area contributed by atoms with Crippen LogP contribution in [0.15, 0.2) is 0 Å². The number of rotatable bonds is 2. The molecule has 3 fully saturated rings. The number of likely N-dealkylation sites (tertiary alicyclic amines) is 1.